The van der Waals surface area contributed by atoms with Crippen LogP contribution in [0, 0.1) is 0 Å². The van der Waals surface area contributed by atoms with Crippen LogP contribution in [0.5, 0.6) is 0 Å². The van der Waals surface area contributed by atoms with E-state index in [-0.39, 0.29) is 5.50 Å². The zero-order chi connectivity index (χ0) is 12.5. The molecule has 2 unspecified atom stereocenters. The molecule has 4 nitrogen and oxygen atoms in total. The Labute approximate surface area is 116 Å². The van der Waals surface area contributed by atoms with Crippen molar-refractivity contribution in [3.63, 3.8) is 0 Å². The highest BCUT2D eigenvalue weighted by atomic mass is 35.5. The number of halogens is 1. The molecule has 0 radical (unpaired) electrons. The van der Waals surface area contributed by atoms with Crippen LogP contribution in [0.2, 0.25) is 0 Å². The molecule has 0 spiro atoms. The molecule has 0 aromatic rings. The maximum absolute atomic E-state index is 9.66. The Morgan fingerprint density at radius 2 is 2.39 bits per heavy atom. The average molecular weight is 288 g/mol. The summed E-state index contributed by atoms with van der Waals surface area (Å²) in [5, 5.41) is 15.3. The summed E-state index contributed by atoms with van der Waals surface area (Å²) >= 11 is 7.59. The van der Waals surface area contributed by atoms with Gasteiger partial charge in [0.2, 0.25) is 0 Å². The molecule has 1 saturated heterocycles. The van der Waals surface area contributed by atoms with E-state index in [2.05, 4.69) is 21.8 Å². The van der Waals surface area contributed by atoms with Crippen molar-refractivity contribution < 1.29 is 5.11 Å². The van der Waals surface area contributed by atoms with Crippen LogP contribution in [0.25, 0.3) is 0 Å². The first-order valence-corrected chi connectivity index (χ1v) is 7.76. The zero-order valence-corrected chi connectivity index (χ0v) is 11.7. The summed E-state index contributed by atoms with van der Waals surface area (Å²) in [5.41, 5.74) is 5.37. The third kappa shape index (κ3) is 2.64. The summed E-state index contributed by atoms with van der Waals surface area (Å²) in [4.78, 5) is 0. The monoisotopic (exact) mass is 287 g/mol. The number of aliphatic hydroxyl groups is 1. The first kappa shape index (κ1) is 12.7. The van der Waals surface area contributed by atoms with Gasteiger partial charge in [-0.2, -0.15) is 5.43 Å². The van der Waals surface area contributed by atoms with E-state index < -0.39 is 5.56 Å². The molecular weight excluding hydrogens is 270 g/mol. The number of alkyl halides is 1. The van der Waals surface area contributed by atoms with Crippen LogP contribution >= 0.6 is 23.4 Å². The molecule has 3 heterocycles. The van der Waals surface area contributed by atoms with Gasteiger partial charge in [0, 0.05) is 12.1 Å². The molecule has 3 aliphatic rings. The first-order chi connectivity index (χ1) is 8.72. The number of aliphatic hydroxyl groups excluding tert-OH is 1. The van der Waals surface area contributed by atoms with Crippen molar-refractivity contribution in [1.29, 1.82) is 0 Å². The van der Waals surface area contributed by atoms with Gasteiger partial charge in [-0.05, 0) is 37.5 Å². The Morgan fingerprint density at radius 3 is 3.17 bits per heavy atom. The predicted octanol–water partition coefficient (Wildman–Crippen LogP) is 2.04. The van der Waals surface area contributed by atoms with Gasteiger partial charge in [-0.15, -0.1) is 0 Å². The third-order valence-corrected chi connectivity index (χ3v) is 4.99. The van der Waals surface area contributed by atoms with E-state index in [1.54, 1.807) is 11.8 Å². The number of hydrogen-bond acceptors (Lipinski definition) is 5. The van der Waals surface area contributed by atoms with E-state index in [1.807, 2.05) is 6.20 Å². The van der Waals surface area contributed by atoms with E-state index in [0.29, 0.717) is 5.37 Å². The quantitative estimate of drug-likeness (QED) is 0.536. The molecule has 0 saturated carbocycles. The number of nitrogens with zero attached hydrogens (tertiary/aromatic N) is 1. The van der Waals surface area contributed by atoms with Gasteiger partial charge in [-0.1, -0.05) is 29.4 Å². The second-order valence-corrected chi connectivity index (χ2v) is 6.66. The molecular formula is C12H18ClN3OS. The van der Waals surface area contributed by atoms with Gasteiger partial charge in [0.15, 0.2) is 5.56 Å². The minimum atomic E-state index is -0.470. The number of hydrazine groups is 1. The minimum absolute atomic E-state index is 0.0733. The molecule has 6 heteroatoms. The number of rotatable bonds is 2. The van der Waals surface area contributed by atoms with Gasteiger partial charge in [0.25, 0.3) is 0 Å². The van der Waals surface area contributed by atoms with E-state index in [1.165, 1.54) is 11.3 Å². The molecule has 0 aliphatic carbocycles. The van der Waals surface area contributed by atoms with Crippen molar-refractivity contribution in [2.45, 2.75) is 48.5 Å². The smallest absolute Gasteiger partial charge is 0.171 e. The van der Waals surface area contributed by atoms with E-state index in [0.717, 1.165) is 32.1 Å². The van der Waals surface area contributed by atoms with E-state index in [9.17, 15) is 5.11 Å². The molecule has 3 aliphatic heterocycles. The Morgan fingerprint density at radius 1 is 1.50 bits per heavy atom. The standard InChI is InChI=1S/C12H18ClN3OS/c13-10-5-4-8(7-14-10)6-9-2-1-3-11-16(9)15-12(17)18-11/h2,7,10-12,14-15,17H,1,3-6H2/t10?,11-,12?/m0/s1. The topological polar surface area (TPSA) is 47.5 Å². The molecule has 18 heavy (non-hydrogen) atoms. The van der Waals surface area contributed by atoms with Crippen LogP contribution in [0.15, 0.2) is 23.5 Å². The van der Waals surface area contributed by atoms with Gasteiger partial charge in [0.05, 0.1) is 5.37 Å². The summed E-state index contributed by atoms with van der Waals surface area (Å²) in [7, 11) is 0. The van der Waals surface area contributed by atoms with Gasteiger partial charge in [-0.25, -0.2) is 0 Å². The number of hydrogen-bond donors (Lipinski definition) is 3. The molecule has 0 aromatic heterocycles. The predicted molar refractivity (Wildman–Crippen MR) is 74.4 cm³/mol. The van der Waals surface area contributed by atoms with Crippen molar-refractivity contribution in [1.82, 2.24) is 15.8 Å². The third-order valence-electron chi connectivity index (χ3n) is 3.52. The number of thioether (sulfide) groups is 1. The number of nitrogens with one attached hydrogen (secondary N) is 2. The molecule has 1 fully saturated rings. The van der Waals surface area contributed by atoms with Crippen molar-refractivity contribution in [2.75, 3.05) is 0 Å². The van der Waals surface area contributed by atoms with Crippen molar-refractivity contribution in [3.8, 4) is 0 Å². The van der Waals surface area contributed by atoms with E-state index in [4.69, 9.17) is 11.6 Å². The van der Waals surface area contributed by atoms with Crippen LogP contribution in [0.1, 0.15) is 32.1 Å². The highest BCUT2D eigenvalue weighted by Crippen LogP contribution is 2.37. The van der Waals surface area contributed by atoms with Gasteiger partial charge < -0.3 is 10.4 Å². The van der Waals surface area contributed by atoms with Gasteiger partial charge in [-0.3, -0.25) is 5.01 Å². The average Bonchev–Trinajstić information content (AvgIpc) is 2.73. The fraction of sp³-hybridized carbons (Fsp3) is 0.667. The Kier molecular flexibility index (Phi) is 3.75. The minimum Gasteiger partial charge on any atom is -0.375 e. The highest BCUT2D eigenvalue weighted by molar-refractivity contribution is 8.00. The lowest BCUT2D eigenvalue weighted by molar-refractivity contribution is 0.126. The zero-order valence-electron chi connectivity index (χ0n) is 10.1. The fourth-order valence-corrected chi connectivity index (χ4v) is 3.84. The van der Waals surface area contributed by atoms with Crippen LogP contribution < -0.4 is 10.7 Å². The van der Waals surface area contributed by atoms with Gasteiger partial charge >= 0.3 is 0 Å². The second-order valence-electron chi connectivity index (χ2n) is 4.87. The summed E-state index contributed by atoms with van der Waals surface area (Å²) < 4.78 is 0. The summed E-state index contributed by atoms with van der Waals surface area (Å²) in [5.74, 6) is 0. The fourth-order valence-electron chi connectivity index (χ4n) is 2.60. The lowest BCUT2D eigenvalue weighted by atomic mass is 10.0. The maximum Gasteiger partial charge on any atom is 0.171 e. The van der Waals surface area contributed by atoms with Crippen LogP contribution in [-0.2, 0) is 0 Å². The Bertz CT molecular complexity index is 388. The van der Waals surface area contributed by atoms with Gasteiger partial charge in [0.1, 0.15) is 5.50 Å². The molecule has 0 amide bonds. The van der Waals surface area contributed by atoms with E-state index >= 15 is 0 Å². The van der Waals surface area contributed by atoms with Crippen LogP contribution in [0.3, 0.4) is 0 Å². The lowest BCUT2D eigenvalue weighted by Gasteiger charge is -2.32. The lowest BCUT2D eigenvalue weighted by Crippen LogP contribution is -2.40. The Balaban J connectivity index is 1.67. The number of allylic oxidation sites excluding steroid dienone is 2. The summed E-state index contributed by atoms with van der Waals surface area (Å²) in [6, 6.07) is 0. The van der Waals surface area contributed by atoms with Crippen molar-refractivity contribution >= 4 is 23.4 Å². The summed E-state index contributed by atoms with van der Waals surface area (Å²) in [6.07, 6.45) is 9.48. The molecule has 0 bridgehead atoms. The summed E-state index contributed by atoms with van der Waals surface area (Å²) in [6.45, 7) is 0. The molecule has 0 aromatic carbocycles. The highest BCUT2D eigenvalue weighted by Gasteiger charge is 2.34. The first-order valence-electron chi connectivity index (χ1n) is 6.38. The largest absolute Gasteiger partial charge is 0.375 e. The second kappa shape index (κ2) is 5.33. The maximum atomic E-state index is 9.66. The molecule has 3 rings (SSSR count). The van der Waals surface area contributed by atoms with Crippen LogP contribution in [-0.4, -0.2) is 26.6 Å². The van der Waals surface area contributed by atoms with Crippen molar-refractivity contribution in [3.05, 3.63) is 23.5 Å². The SMILES string of the molecule is OC1NN2C(CC3=CNC(Cl)CC3)=CCC[C@@H]2S1. The molecule has 3 N–H and O–H groups in total. The van der Waals surface area contributed by atoms with Crippen molar-refractivity contribution in [2.24, 2.45) is 0 Å². The normalized spacial score (nSPS) is 35.7. The number of fused-ring (bicyclic) bond motifs is 1. The Hall–Kier alpha value is -0.360. The molecule has 3 atom stereocenters. The van der Waals surface area contributed by atoms with Crippen LogP contribution in [0.4, 0.5) is 0 Å². The molecule has 100 valence electrons.